The smallest absolute Gasteiger partial charge is 0.233 e. The lowest BCUT2D eigenvalue weighted by molar-refractivity contribution is -0.120. The summed E-state index contributed by atoms with van der Waals surface area (Å²) in [6.07, 6.45) is 0. The van der Waals surface area contributed by atoms with E-state index in [2.05, 4.69) is 15.5 Å². The Bertz CT molecular complexity index is 525. The largest absolute Gasteiger partial charge is 0.351 e. The van der Waals surface area contributed by atoms with Crippen molar-refractivity contribution in [3.8, 4) is 0 Å². The van der Waals surface area contributed by atoms with E-state index < -0.39 is 0 Å². The lowest BCUT2D eigenvalue weighted by Gasteiger charge is -2.10. The fourth-order valence-corrected chi connectivity index (χ4v) is 3.11. The Morgan fingerprint density at radius 3 is 2.79 bits per heavy atom. The average Bonchev–Trinajstić information content (AvgIpc) is 2.90. The van der Waals surface area contributed by atoms with E-state index in [1.165, 1.54) is 28.7 Å². The summed E-state index contributed by atoms with van der Waals surface area (Å²) in [6.45, 7) is 4.47. The molecular weight excluding hydrogens is 278 g/mol. The van der Waals surface area contributed by atoms with Crippen LogP contribution in [0.1, 0.15) is 18.1 Å². The predicted molar refractivity (Wildman–Crippen MR) is 78.3 cm³/mol. The third-order valence-corrected chi connectivity index (χ3v) is 4.49. The summed E-state index contributed by atoms with van der Waals surface area (Å²) in [4.78, 5) is 11.9. The van der Waals surface area contributed by atoms with Crippen LogP contribution in [0.25, 0.3) is 0 Å². The highest BCUT2D eigenvalue weighted by molar-refractivity contribution is 8.02. The lowest BCUT2D eigenvalue weighted by Crippen LogP contribution is -2.30. The fraction of sp³-hybridized carbons (Fsp3) is 0.308. The molecule has 1 aromatic carbocycles. The van der Waals surface area contributed by atoms with Gasteiger partial charge in [-0.2, -0.15) is 0 Å². The quantitative estimate of drug-likeness (QED) is 0.861. The summed E-state index contributed by atoms with van der Waals surface area (Å²) in [5.41, 5.74) is 3.99. The number of amides is 1. The molecule has 0 saturated heterocycles. The minimum atomic E-state index is -0.168. The molecule has 1 amide bonds. The molecule has 19 heavy (non-hydrogen) atoms. The van der Waals surface area contributed by atoms with Crippen LogP contribution in [0, 0.1) is 6.92 Å². The summed E-state index contributed by atoms with van der Waals surface area (Å²) in [6, 6.07) is 8.14. The molecular formula is C13H15N3OS2. The molecule has 0 unspecified atom stereocenters. The lowest BCUT2D eigenvalue weighted by atomic mass is 10.1. The van der Waals surface area contributed by atoms with Gasteiger partial charge in [0.15, 0.2) is 4.34 Å². The first-order chi connectivity index (χ1) is 9.15. The minimum Gasteiger partial charge on any atom is -0.351 e. The minimum absolute atomic E-state index is 0.0146. The van der Waals surface area contributed by atoms with Crippen LogP contribution in [0.3, 0.4) is 0 Å². The molecule has 1 N–H and O–H groups in total. The first-order valence-electron chi connectivity index (χ1n) is 5.91. The molecule has 1 heterocycles. The molecule has 0 aliphatic rings. The van der Waals surface area contributed by atoms with Crippen molar-refractivity contribution in [2.45, 2.75) is 30.0 Å². The van der Waals surface area contributed by atoms with Crippen LogP contribution in [-0.4, -0.2) is 21.4 Å². The zero-order valence-electron chi connectivity index (χ0n) is 10.8. The van der Waals surface area contributed by atoms with Gasteiger partial charge in [-0.1, -0.05) is 52.9 Å². The Balaban J connectivity index is 1.82. The second-order valence-corrected chi connectivity index (χ2v) is 6.59. The molecule has 0 fully saturated rings. The van der Waals surface area contributed by atoms with E-state index in [9.17, 15) is 4.79 Å². The van der Waals surface area contributed by atoms with E-state index in [4.69, 9.17) is 0 Å². The summed E-state index contributed by atoms with van der Waals surface area (Å²) in [7, 11) is 0. The van der Waals surface area contributed by atoms with Crippen molar-refractivity contribution in [3.63, 3.8) is 0 Å². The molecule has 0 aliphatic carbocycles. The van der Waals surface area contributed by atoms with E-state index in [1.807, 2.05) is 38.1 Å². The number of carbonyl (C=O) groups excluding carboxylic acids is 1. The van der Waals surface area contributed by atoms with Gasteiger partial charge in [-0.05, 0) is 19.4 Å². The van der Waals surface area contributed by atoms with Gasteiger partial charge in [-0.3, -0.25) is 4.79 Å². The Labute approximate surface area is 120 Å². The first-order valence-corrected chi connectivity index (χ1v) is 7.67. The van der Waals surface area contributed by atoms with E-state index in [0.717, 1.165) is 9.90 Å². The van der Waals surface area contributed by atoms with E-state index in [-0.39, 0.29) is 11.2 Å². The molecule has 100 valence electrons. The van der Waals surface area contributed by atoms with Gasteiger partial charge in [0.05, 0.1) is 5.25 Å². The average molecular weight is 293 g/mol. The highest BCUT2D eigenvalue weighted by atomic mass is 32.2. The highest BCUT2D eigenvalue weighted by Gasteiger charge is 2.15. The van der Waals surface area contributed by atoms with E-state index in [0.29, 0.717) is 6.54 Å². The fourth-order valence-electron chi connectivity index (χ4n) is 1.46. The van der Waals surface area contributed by atoms with Crippen molar-refractivity contribution in [2.75, 3.05) is 0 Å². The van der Waals surface area contributed by atoms with Crippen LogP contribution in [0.2, 0.25) is 0 Å². The molecule has 0 bridgehead atoms. The number of thioether (sulfide) groups is 1. The molecule has 2 rings (SSSR count). The zero-order chi connectivity index (χ0) is 13.7. The molecule has 1 atom stereocenters. The molecule has 4 nitrogen and oxygen atoms in total. The van der Waals surface area contributed by atoms with Crippen molar-refractivity contribution >= 4 is 29.0 Å². The molecule has 6 heteroatoms. The number of aryl methyl sites for hydroxylation is 1. The summed E-state index contributed by atoms with van der Waals surface area (Å²) >= 11 is 2.87. The SMILES string of the molecule is Cc1ccc(CNC(=O)[C@H](C)Sc2nncs2)cc1. The number of nitrogens with zero attached hydrogens (tertiary/aromatic N) is 2. The summed E-state index contributed by atoms with van der Waals surface area (Å²) < 4.78 is 0.818. The Morgan fingerprint density at radius 1 is 1.42 bits per heavy atom. The number of benzene rings is 1. The van der Waals surface area contributed by atoms with Crippen LogP contribution in [0.15, 0.2) is 34.1 Å². The standard InChI is InChI=1S/C13H15N3OS2/c1-9-3-5-11(6-4-9)7-14-12(17)10(2)19-13-16-15-8-18-13/h3-6,8,10H,7H2,1-2H3,(H,14,17)/t10-/m0/s1. The third kappa shape index (κ3) is 4.33. The second-order valence-electron chi connectivity index (χ2n) is 4.17. The Kier molecular flexibility index (Phi) is 4.93. The van der Waals surface area contributed by atoms with Gasteiger partial charge in [-0.15, -0.1) is 10.2 Å². The summed E-state index contributed by atoms with van der Waals surface area (Å²) in [5.74, 6) is 0.0146. The number of rotatable bonds is 5. The highest BCUT2D eigenvalue weighted by Crippen LogP contribution is 2.24. The Morgan fingerprint density at radius 2 is 2.16 bits per heavy atom. The predicted octanol–water partition coefficient (Wildman–Crippen LogP) is 2.64. The molecule has 1 aromatic heterocycles. The van der Waals surface area contributed by atoms with E-state index >= 15 is 0 Å². The van der Waals surface area contributed by atoms with Crippen LogP contribution in [-0.2, 0) is 11.3 Å². The zero-order valence-corrected chi connectivity index (χ0v) is 12.4. The molecule has 0 aliphatic heterocycles. The van der Waals surface area contributed by atoms with Gasteiger partial charge >= 0.3 is 0 Å². The summed E-state index contributed by atoms with van der Waals surface area (Å²) in [5, 5.41) is 10.4. The van der Waals surface area contributed by atoms with Crippen molar-refractivity contribution in [1.29, 1.82) is 0 Å². The molecule has 2 aromatic rings. The van der Waals surface area contributed by atoms with E-state index in [1.54, 1.807) is 5.51 Å². The number of nitrogens with one attached hydrogen (secondary N) is 1. The van der Waals surface area contributed by atoms with Gasteiger partial charge in [-0.25, -0.2) is 0 Å². The van der Waals surface area contributed by atoms with Gasteiger partial charge in [0.2, 0.25) is 5.91 Å². The molecule has 0 saturated carbocycles. The van der Waals surface area contributed by atoms with Crippen molar-refractivity contribution < 1.29 is 4.79 Å². The molecule has 0 radical (unpaired) electrons. The molecule has 0 spiro atoms. The van der Waals surface area contributed by atoms with Gasteiger partial charge in [0.1, 0.15) is 5.51 Å². The van der Waals surface area contributed by atoms with Gasteiger partial charge in [0.25, 0.3) is 0 Å². The maximum absolute atomic E-state index is 11.9. The van der Waals surface area contributed by atoms with Crippen LogP contribution in [0.4, 0.5) is 0 Å². The van der Waals surface area contributed by atoms with Crippen LogP contribution < -0.4 is 5.32 Å². The third-order valence-electron chi connectivity index (χ3n) is 2.57. The number of hydrogen-bond donors (Lipinski definition) is 1. The maximum atomic E-state index is 11.9. The Hall–Kier alpha value is -1.40. The number of carbonyl (C=O) groups is 1. The number of hydrogen-bond acceptors (Lipinski definition) is 5. The van der Waals surface area contributed by atoms with Crippen molar-refractivity contribution in [2.24, 2.45) is 0 Å². The maximum Gasteiger partial charge on any atom is 0.233 e. The van der Waals surface area contributed by atoms with Crippen molar-refractivity contribution in [3.05, 3.63) is 40.9 Å². The van der Waals surface area contributed by atoms with Gasteiger partial charge in [0, 0.05) is 6.54 Å². The monoisotopic (exact) mass is 293 g/mol. The van der Waals surface area contributed by atoms with Gasteiger partial charge < -0.3 is 5.32 Å². The normalized spacial score (nSPS) is 12.1. The number of aromatic nitrogens is 2. The van der Waals surface area contributed by atoms with Crippen LogP contribution in [0.5, 0.6) is 0 Å². The first kappa shape index (κ1) is 14.0. The van der Waals surface area contributed by atoms with Crippen LogP contribution >= 0.6 is 23.1 Å². The van der Waals surface area contributed by atoms with Crippen molar-refractivity contribution in [1.82, 2.24) is 15.5 Å². The second kappa shape index (κ2) is 6.68. The topological polar surface area (TPSA) is 54.9 Å².